The van der Waals surface area contributed by atoms with Crippen LogP contribution in [0.25, 0.3) is 0 Å². The lowest BCUT2D eigenvalue weighted by Crippen LogP contribution is -2.56. The summed E-state index contributed by atoms with van der Waals surface area (Å²) in [5.74, 6) is -3.93. The van der Waals surface area contributed by atoms with Crippen molar-refractivity contribution in [1.82, 2.24) is 5.32 Å². The van der Waals surface area contributed by atoms with Gasteiger partial charge in [-0.05, 0) is 25.7 Å². The maximum atomic E-state index is 11.5. The SMILES string of the molecule is O=C(O)C1CC=C2N=C3CCCCC3NC2C1C(=O)O. The fraction of sp³-hybridized carbons (Fsp3) is 0.643. The molecule has 6 nitrogen and oxygen atoms in total. The van der Waals surface area contributed by atoms with Crippen molar-refractivity contribution in [3.63, 3.8) is 0 Å². The Hall–Kier alpha value is -1.69. The van der Waals surface area contributed by atoms with Gasteiger partial charge in [-0.3, -0.25) is 19.9 Å². The van der Waals surface area contributed by atoms with E-state index in [4.69, 9.17) is 0 Å². The zero-order valence-electron chi connectivity index (χ0n) is 11.1. The number of hydrogen-bond donors (Lipinski definition) is 3. The first-order chi connectivity index (χ1) is 9.58. The number of aliphatic imine (C=N–C) groups is 1. The van der Waals surface area contributed by atoms with Crippen molar-refractivity contribution in [2.45, 2.75) is 44.2 Å². The van der Waals surface area contributed by atoms with Gasteiger partial charge in [0.2, 0.25) is 0 Å². The van der Waals surface area contributed by atoms with E-state index in [1.165, 1.54) is 0 Å². The summed E-state index contributed by atoms with van der Waals surface area (Å²) in [6, 6.07) is -0.366. The van der Waals surface area contributed by atoms with E-state index in [0.29, 0.717) is 5.70 Å². The highest BCUT2D eigenvalue weighted by molar-refractivity contribution is 5.92. The summed E-state index contributed by atoms with van der Waals surface area (Å²) in [5.41, 5.74) is 1.81. The lowest BCUT2D eigenvalue weighted by molar-refractivity contribution is -0.155. The number of allylic oxidation sites excluding steroid dienone is 1. The molecule has 1 aliphatic heterocycles. The zero-order valence-corrected chi connectivity index (χ0v) is 11.1. The fourth-order valence-corrected chi connectivity index (χ4v) is 3.50. The molecule has 0 amide bonds. The smallest absolute Gasteiger partial charge is 0.309 e. The predicted molar refractivity (Wildman–Crippen MR) is 71.6 cm³/mol. The Bertz CT molecular complexity index is 511. The van der Waals surface area contributed by atoms with Gasteiger partial charge in [-0.1, -0.05) is 12.5 Å². The minimum Gasteiger partial charge on any atom is -0.481 e. The van der Waals surface area contributed by atoms with Crippen molar-refractivity contribution in [3.05, 3.63) is 11.8 Å². The quantitative estimate of drug-likeness (QED) is 0.700. The molecular weight excluding hydrogens is 260 g/mol. The molecule has 3 rings (SSSR count). The molecule has 20 heavy (non-hydrogen) atoms. The predicted octanol–water partition coefficient (Wildman–Crippen LogP) is 1.03. The molecule has 1 saturated carbocycles. The largest absolute Gasteiger partial charge is 0.481 e. The van der Waals surface area contributed by atoms with E-state index < -0.39 is 29.8 Å². The minimum atomic E-state index is -1.06. The molecular formula is C14H18N2O4. The van der Waals surface area contributed by atoms with Crippen molar-refractivity contribution in [2.75, 3.05) is 0 Å². The molecule has 0 aromatic carbocycles. The summed E-state index contributed by atoms with van der Waals surface area (Å²) in [6.07, 6.45) is 6.14. The van der Waals surface area contributed by atoms with Gasteiger partial charge in [-0.15, -0.1) is 0 Å². The molecule has 1 heterocycles. The maximum absolute atomic E-state index is 11.5. The molecule has 2 aliphatic carbocycles. The van der Waals surface area contributed by atoms with E-state index in [9.17, 15) is 19.8 Å². The summed E-state index contributed by atoms with van der Waals surface area (Å²) in [7, 11) is 0. The highest BCUT2D eigenvalue weighted by atomic mass is 16.4. The molecule has 1 fully saturated rings. The van der Waals surface area contributed by atoms with Gasteiger partial charge in [0.05, 0.1) is 23.6 Å². The number of nitrogens with zero attached hydrogens (tertiary/aromatic N) is 1. The molecule has 4 atom stereocenters. The summed E-state index contributed by atoms with van der Waals surface area (Å²) >= 11 is 0. The zero-order chi connectivity index (χ0) is 14.3. The molecule has 0 bridgehead atoms. The van der Waals surface area contributed by atoms with Crippen LogP contribution in [0.1, 0.15) is 32.1 Å². The second-order valence-corrected chi connectivity index (χ2v) is 5.72. The summed E-state index contributed by atoms with van der Waals surface area (Å²) in [4.78, 5) is 27.4. The average molecular weight is 278 g/mol. The van der Waals surface area contributed by atoms with Gasteiger partial charge in [0, 0.05) is 11.8 Å². The molecule has 0 saturated heterocycles. The third-order valence-electron chi connectivity index (χ3n) is 4.53. The van der Waals surface area contributed by atoms with Gasteiger partial charge in [0.1, 0.15) is 0 Å². The number of carbonyl (C=O) groups is 2. The van der Waals surface area contributed by atoms with Gasteiger partial charge < -0.3 is 10.2 Å². The van der Waals surface area contributed by atoms with Gasteiger partial charge >= 0.3 is 11.9 Å². The minimum absolute atomic E-state index is 0.111. The number of nitrogens with one attached hydrogen (secondary N) is 1. The number of hydrogen-bond acceptors (Lipinski definition) is 4. The monoisotopic (exact) mass is 278 g/mol. The second kappa shape index (κ2) is 5.01. The van der Waals surface area contributed by atoms with E-state index in [1.807, 2.05) is 0 Å². The number of carboxylic acids is 2. The Kier molecular flexibility index (Phi) is 3.33. The Morgan fingerprint density at radius 1 is 1.25 bits per heavy atom. The maximum Gasteiger partial charge on any atom is 0.309 e. The second-order valence-electron chi connectivity index (χ2n) is 5.72. The van der Waals surface area contributed by atoms with E-state index in [0.717, 1.165) is 31.4 Å². The van der Waals surface area contributed by atoms with E-state index in [2.05, 4.69) is 10.3 Å². The Balaban J connectivity index is 1.95. The lowest BCUT2D eigenvalue weighted by Gasteiger charge is -2.40. The van der Waals surface area contributed by atoms with Crippen LogP contribution in [0.3, 0.4) is 0 Å². The number of aliphatic carboxylic acids is 2. The fourth-order valence-electron chi connectivity index (χ4n) is 3.50. The van der Waals surface area contributed by atoms with Crippen LogP contribution in [0.2, 0.25) is 0 Å². The van der Waals surface area contributed by atoms with Crippen LogP contribution in [0.4, 0.5) is 0 Å². The van der Waals surface area contributed by atoms with Crippen LogP contribution in [-0.4, -0.2) is 39.9 Å². The molecule has 4 unspecified atom stereocenters. The molecule has 6 heteroatoms. The lowest BCUT2D eigenvalue weighted by atomic mass is 9.76. The van der Waals surface area contributed by atoms with Gasteiger partial charge in [-0.25, -0.2) is 0 Å². The van der Waals surface area contributed by atoms with Crippen LogP contribution in [0, 0.1) is 11.8 Å². The van der Waals surface area contributed by atoms with Crippen LogP contribution in [0.15, 0.2) is 16.8 Å². The molecule has 0 radical (unpaired) electrons. The number of fused-ring (bicyclic) bond motifs is 2. The van der Waals surface area contributed by atoms with E-state index in [1.54, 1.807) is 6.08 Å². The topological polar surface area (TPSA) is 99.0 Å². The highest BCUT2D eigenvalue weighted by Gasteiger charge is 2.46. The summed E-state index contributed by atoms with van der Waals surface area (Å²) in [5, 5.41) is 22.0. The Morgan fingerprint density at radius 3 is 2.75 bits per heavy atom. The third-order valence-corrected chi connectivity index (χ3v) is 4.53. The van der Waals surface area contributed by atoms with Gasteiger partial charge in [0.25, 0.3) is 0 Å². The normalized spacial score (nSPS) is 36.2. The van der Waals surface area contributed by atoms with Crippen LogP contribution in [0.5, 0.6) is 0 Å². The first-order valence-corrected chi connectivity index (χ1v) is 7.07. The average Bonchev–Trinajstić information content (AvgIpc) is 2.43. The molecule has 0 aromatic rings. The third kappa shape index (κ3) is 2.14. The van der Waals surface area contributed by atoms with Gasteiger partial charge in [0.15, 0.2) is 0 Å². The van der Waals surface area contributed by atoms with Crippen molar-refractivity contribution in [3.8, 4) is 0 Å². The molecule has 3 N–H and O–H groups in total. The van der Waals surface area contributed by atoms with E-state index >= 15 is 0 Å². The van der Waals surface area contributed by atoms with Crippen LogP contribution >= 0.6 is 0 Å². The van der Waals surface area contributed by atoms with Gasteiger partial charge in [-0.2, -0.15) is 0 Å². The molecule has 108 valence electrons. The first kappa shape index (κ1) is 13.3. The Morgan fingerprint density at radius 2 is 2.05 bits per heavy atom. The molecule has 0 aromatic heterocycles. The molecule has 0 spiro atoms. The summed E-state index contributed by atoms with van der Waals surface area (Å²) in [6.45, 7) is 0. The van der Waals surface area contributed by atoms with Crippen molar-refractivity contribution >= 4 is 17.7 Å². The summed E-state index contributed by atoms with van der Waals surface area (Å²) < 4.78 is 0. The Labute approximate surface area is 116 Å². The van der Waals surface area contributed by atoms with E-state index in [-0.39, 0.29) is 12.5 Å². The highest BCUT2D eigenvalue weighted by Crippen LogP contribution is 2.35. The van der Waals surface area contributed by atoms with Crippen molar-refractivity contribution in [2.24, 2.45) is 16.8 Å². The first-order valence-electron chi connectivity index (χ1n) is 7.07. The molecule has 3 aliphatic rings. The standard InChI is InChI=1S/C14H18N2O4/c17-13(18)7-5-6-10-12(11(7)14(19)20)16-9-4-2-1-3-8(9)15-10/h6-7,9,11-12,16H,1-5H2,(H,17,18)(H,19,20). The number of rotatable bonds is 2. The number of carboxylic acid groups (broad SMARTS) is 2. The van der Waals surface area contributed by atoms with Crippen LogP contribution in [-0.2, 0) is 9.59 Å². The van der Waals surface area contributed by atoms with Crippen molar-refractivity contribution in [1.29, 1.82) is 0 Å². The van der Waals surface area contributed by atoms with Crippen LogP contribution < -0.4 is 5.32 Å². The van der Waals surface area contributed by atoms with Crippen molar-refractivity contribution < 1.29 is 19.8 Å².